The van der Waals surface area contributed by atoms with Crippen molar-refractivity contribution in [2.24, 2.45) is 5.73 Å². The van der Waals surface area contributed by atoms with Gasteiger partial charge in [0.25, 0.3) is 5.69 Å². The number of nitrogens with two attached hydrogens (primary N) is 1. The van der Waals surface area contributed by atoms with Crippen LogP contribution in [0.15, 0.2) is 48.7 Å². The molecule has 0 bridgehead atoms. The second-order valence-electron chi connectivity index (χ2n) is 7.97. The lowest BCUT2D eigenvalue weighted by Crippen LogP contribution is -2.49. The molecule has 1 saturated heterocycles. The van der Waals surface area contributed by atoms with Crippen LogP contribution >= 0.6 is 0 Å². The summed E-state index contributed by atoms with van der Waals surface area (Å²) in [6.45, 7) is 5.21. The van der Waals surface area contributed by atoms with Crippen molar-refractivity contribution < 1.29 is 9.72 Å². The highest BCUT2D eigenvalue weighted by Gasteiger charge is 2.26. The molecule has 1 aliphatic heterocycles. The minimum absolute atomic E-state index is 0.0837. The monoisotopic (exact) mass is 421 g/mol. The Balaban J connectivity index is 1.41. The summed E-state index contributed by atoms with van der Waals surface area (Å²) < 4.78 is 0. The van der Waals surface area contributed by atoms with Gasteiger partial charge in [0.05, 0.1) is 10.8 Å². The van der Waals surface area contributed by atoms with Gasteiger partial charge >= 0.3 is 0 Å². The largest absolute Gasteiger partial charge is 0.368 e. The van der Waals surface area contributed by atoms with Crippen molar-refractivity contribution in [3.05, 3.63) is 69.9 Å². The first-order chi connectivity index (χ1) is 15.0. The van der Waals surface area contributed by atoms with Crippen LogP contribution in [0.25, 0.3) is 10.9 Å². The van der Waals surface area contributed by atoms with Crippen LogP contribution in [0.1, 0.15) is 24.0 Å². The molecular weight excluding hydrogens is 394 g/mol. The fourth-order valence-electron chi connectivity index (χ4n) is 4.21. The Hall–Kier alpha value is -3.39. The Morgan fingerprint density at radius 1 is 1.16 bits per heavy atom. The molecule has 1 aromatic heterocycles. The summed E-state index contributed by atoms with van der Waals surface area (Å²) in [6, 6.07) is 12.7. The maximum Gasteiger partial charge on any atom is 0.269 e. The number of hydrogen-bond acceptors (Lipinski definition) is 5. The molecule has 1 aliphatic rings. The van der Waals surface area contributed by atoms with E-state index in [0.29, 0.717) is 32.7 Å². The summed E-state index contributed by atoms with van der Waals surface area (Å²) in [5.41, 5.74) is 9.99. The number of aromatic nitrogens is 1. The number of aromatic amines is 1. The highest BCUT2D eigenvalue weighted by molar-refractivity contribution is 5.88. The Morgan fingerprint density at radius 3 is 2.52 bits per heavy atom. The SMILES string of the molecule is CC(C(=O)N1CCN(c2ccc([N+](=O)[O-])cc2)CC1)c1ccc2[nH]cc(CCN)c2c1. The molecule has 1 atom stereocenters. The lowest BCUT2D eigenvalue weighted by Gasteiger charge is -2.37. The van der Waals surface area contributed by atoms with Crippen molar-refractivity contribution in [1.82, 2.24) is 9.88 Å². The predicted molar refractivity (Wildman–Crippen MR) is 121 cm³/mol. The van der Waals surface area contributed by atoms with E-state index in [1.165, 1.54) is 17.7 Å². The standard InChI is InChI=1S/C23H27N5O3/c1-16(17-2-7-22-21(14-17)18(8-9-24)15-25-22)23(29)27-12-10-26(11-13-27)19-3-5-20(6-4-19)28(30)31/h2-7,14-16,25H,8-13,24H2,1H3. The number of amides is 1. The van der Waals surface area contributed by atoms with Crippen molar-refractivity contribution >= 4 is 28.2 Å². The van der Waals surface area contributed by atoms with Crippen LogP contribution < -0.4 is 10.6 Å². The minimum Gasteiger partial charge on any atom is -0.368 e. The van der Waals surface area contributed by atoms with Crippen LogP contribution in [0, 0.1) is 10.1 Å². The molecule has 31 heavy (non-hydrogen) atoms. The van der Waals surface area contributed by atoms with Gasteiger partial charge in [-0.1, -0.05) is 6.07 Å². The van der Waals surface area contributed by atoms with E-state index in [0.717, 1.165) is 28.6 Å². The van der Waals surface area contributed by atoms with Crippen molar-refractivity contribution in [2.75, 3.05) is 37.6 Å². The molecule has 0 aliphatic carbocycles. The summed E-state index contributed by atoms with van der Waals surface area (Å²) in [7, 11) is 0. The zero-order valence-electron chi connectivity index (χ0n) is 17.6. The van der Waals surface area contributed by atoms with Gasteiger partial charge in [0.1, 0.15) is 0 Å². The second-order valence-corrected chi connectivity index (χ2v) is 7.97. The van der Waals surface area contributed by atoms with Gasteiger partial charge in [0, 0.05) is 61.1 Å². The number of fused-ring (bicyclic) bond motifs is 1. The van der Waals surface area contributed by atoms with E-state index in [-0.39, 0.29) is 17.5 Å². The molecular formula is C23H27N5O3. The number of carbonyl (C=O) groups excluding carboxylic acids is 1. The quantitative estimate of drug-likeness (QED) is 0.470. The lowest BCUT2D eigenvalue weighted by atomic mass is 9.96. The van der Waals surface area contributed by atoms with E-state index >= 15 is 0 Å². The van der Waals surface area contributed by atoms with Crippen molar-refractivity contribution in [3.63, 3.8) is 0 Å². The van der Waals surface area contributed by atoms with Crippen molar-refractivity contribution in [3.8, 4) is 0 Å². The highest BCUT2D eigenvalue weighted by Crippen LogP contribution is 2.27. The number of nitrogens with zero attached hydrogens (tertiary/aromatic N) is 3. The first kappa shape index (κ1) is 20.9. The first-order valence-corrected chi connectivity index (χ1v) is 10.6. The number of carbonyl (C=O) groups is 1. The maximum atomic E-state index is 13.2. The predicted octanol–water partition coefficient (Wildman–Crippen LogP) is 3.03. The molecule has 8 nitrogen and oxygen atoms in total. The molecule has 162 valence electrons. The zero-order chi connectivity index (χ0) is 22.0. The summed E-state index contributed by atoms with van der Waals surface area (Å²) in [5.74, 6) is -0.102. The van der Waals surface area contributed by atoms with E-state index in [1.807, 2.05) is 30.2 Å². The van der Waals surface area contributed by atoms with Crippen molar-refractivity contribution in [1.29, 1.82) is 0 Å². The fraction of sp³-hybridized carbons (Fsp3) is 0.348. The average Bonchev–Trinajstić information content (AvgIpc) is 3.20. The van der Waals surface area contributed by atoms with Crippen LogP contribution in [0.5, 0.6) is 0 Å². The minimum atomic E-state index is -0.397. The lowest BCUT2D eigenvalue weighted by molar-refractivity contribution is -0.384. The van der Waals surface area contributed by atoms with Gasteiger partial charge in [0.2, 0.25) is 5.91 Å². The van der Waals surface area contributed by atoms with Crippen LogP contribution in [0.3, 0.4) is 0 Å². The molecule has 1 amide bonds. The molecule has 1 unspecified atom stereocenters. The smallest absolute Gasteiger partial charge is 0.269 e. The van der Waals surface area contributed by atoms with Crippen LogP contribution in [0.2, 0.25) is 0 Å². The van der Waals surface area contributed by atoms with Gasteiger partial charge in [-0.3, -0.25) is 14.9 Å². The third kappa shape index (κ3) is 4.25. The Bertz CT molecular complexity index is 1080. The number of non-ortho nitro benzene ring substituents is 1. The number of piperazine rings is 1. The number of hydrogen-bond donors (Lipinski definition) is 2. The van der Waals surface area contributed by atoms with Gasteiger partial charge in [-0.15, -0.1) is 0 Å². The zero-order valence-corrected chi connectivity index (χ0v) is 17.6. The van der Waals surface area contributed by atoms with E-state index in [4.69, 9.17) is 5.73 Å². The second kappa shape index (κ2) is 8.77. The normalized spacial score (nSPS) is 15.3. The first-order valence-electron chi connectivity index (χ1n) is 10.6. The topological polar surface area (TPSA) is 108 Å². The Kier molecular flexibility index (Phi) is 5.90. The van der Waals surface area contributed by atoms with Gasteiger partial charge in [-0.25, -0.2) is 0 Å². The molecule has 4 rings (SSSR count). The number of H-pyrrole nitrogens is 1. The molecule has 0 saturated carbocycles. The van der Waals surface area contributed by atoms with Gasteiger partial charge < -0.3 is 20.5 Å². The number of nitro groups is 1. The number of rotatable bonds is 6. The summed E-state index contributed by atoms with van der Waals surface area (Å²) in [4.78, 5) is 30.9. The van der Waals surface area contributed by atoms with Gasteiger partial charge in [0.15, 0.2) is 0 Å². The number of nitrogens with one attached hydrogen (secondary N) is 1. The average molecular weight is 422 g/mol. The summed E-state index contributed by atoms with van der Waals surface area (Å²) >= 11 is 0. The van der Waals surface area contributed by atoms with E-state index in [2.05, 4.69) is 16.0 Å². The van der Waals surface area contributed by atoms with Crippen LogP contribution in [-0.4, -0.2) is 53.4 Å². The Labute approximate surface area is 180 Å². The molecule has 1 fully saturated rings. The number of benzene rings is 2. The number of nitro benzene ring substituents is 1. The molecule has 0 radical (unpaired) electrons. The van der Waals surface area contributed by atoms with Gasteiger partial charge in [-0.2, -0.15) is 0 Å². The molecule has 0 spiro atoms. The van der Waals surface area contributed by atoms with Gasteiger partial charge in [-0.05, 0) is 55.3 Å². The molecule has 8 heteroatoms. The van der Waals surface area contributed by atoms with Crippen molar-refractivity contribution in [2.45, 2.75) is 19.3 Å². The van der Waals surface area contributed by atoms with Crippen LogP contribution in [-0.2, 0) is 11.2 Å². The summed E-state index contributed by atoms with van der Waals surface area (Å²) in [5, 5.41) is 12.0. The van der Waals surface area contributed by atoms with E-state index in [1.54, 1.807) is 12.1 Å². The third-order valence-electron chi connectivity index (χ3n) is 6.09. The Morgan fingerprint density at radius 2 is 1.87 bits per heavy atom. The van der Waals surface area contributed by atoms with Crippen LogP contribution in [0.4, 0.5) is 11.4 Å². The third-order valence-corrected chi connectivity index (χ3v) is 6.09. The van der Waals surface area contributed by atoms with E-state index in [9.17, 15) is 14.9 Å². The fourth-order valence-corrected chi connectivity index (χ4v) is 4.21. The summed E-state index contributed by atoms with van der Waals surface area (Å²) in [6.07, 6.45) is 2.79. The van der Waals surface area contributed by atoms with E-state index < -0.39 is 4.92 Å². The molecule has 2 heterocycles. The molecule has 3 N–H and O–H groups in total. The molecule has 3 aromatic rings. The number of anilines is 1. The molecule has 2 aromatic carbocycles. The maximum absolute atomic E-state index is 13.2. The highest BCUT2D eigenvalue weighted by atomic mass is 16.6.